The maximum Gasteiger partial charge on any atom is 0.260 e. The Morgan fingerprint density at radius 2 is 1.92 bits per heavy atom. The second-order valence-electron chi connectivity index (χ2n) is 6.17. The molecule has 130 valence electrons. The fourth-order valence-corrected chi connectivity index (χ4v) is 2.95. The number of carbonyl (C=O) groups excluding carboxylic acids is 1. The van der Waals surface area contributed by atoms with Crippen molar-refractivity contribution in [1.82, 2.24) is 24.5 Å². The molecule has 7 heteroatoms. The molecule has 0 aliphatic rings. The molecular weight excluding hydrogens is 328 g/mol. The number of aromatic nitrogens is 5. The van der Waals surface area contributed by atoms with Crippen LogP contribution in [0.25, 0.3) is 16.7 Å². The minimum atomic E-state index is -0.225. The summed E-state index contributed by atoms with van der Waals surface area (Å²) < 4.78 is 3.31. The van der Waals surface area contributed by atoms with Crippen molar-refractivity contribution in [3.63, 3.8) is 0 Å². The molecule has 7 nitrogen and oxygen atoms in total. The predicted molar refractivity (Wildman–Crippen MR) is 99.5 cm³/mol. The largest absolute Gasteiger partial charge is 0.307 e. The Morgan fingerprint density at radius 1 is 1.12 bits per heavy atom. The van der Waals surface area contributed by atoms with Crippen LogP contribution in [0.5, 0.6) is 0 Å². The second kappa shape index (κ2) is 6.11. The van der Waals surface area contributed by atoms with Gasteiger partial charge >= 0.3 is 0 Å². The van der Waals surface area contributed by atoms with Crippen molar-refractivity contribution in [1.29, 1.82) is 0 Å². The van der Waals surface area contributed by atoms with Gasteiger partial charge in [0, 0.05) is 18.5 Å². The molecule has 0 bridgehead atoms. The summed E-state index contributed by atoms with van der Waals surface area (Å²) in [5, 5.41) is 12.5. The van der Waals surface area contributed by atoms with E-state index in [9.17, 15) is 4.79 Å². The van der Waals surface area contributed by atoms with Crippen molar-refractivity contribution < 1.29 is 4.79 Å². The van der Waals surface area contributed by atoms with Crippen LogP contribution in [0.15, 0.2) is 48.7 Å². The summed E-state index contributed by atoms with van der Waals surface area (Å²) >= 11 is 0. The van der Waals surface area contributed by atoms with Gasteiger partial charge in [-0.05, 0) is 32.0 Å². The summed E-state index contributed by atoms with van der Waals surface area (Å²) in [6.07, 6.45) is 1.56. The van der Waals surface area contributed by atoms with Crippen LogP contribution in [-0.4, -0.2) is 30.5 Å². The number of benzene rings is 1. The molecule has 1 aromatic carbocycles. The van der Waals surface area contributed by atoms with E-state index in [2.05, 4.69) is 20.5 Å². The van der Waals surface area contributed by atoms with Crippen molar-refractivity contribution >= 4 is 22.6 Å². The molecule has 4 rings (SSSR count). The van der Waals surface area contributed by atoms with E-state index in [0.717, 1.165) is 22.3 Å². The first kappa shape index (κ1) is 16.0. The minimum absolute atomic E-state index is 0.225. The SMILES string of the molecule is Cc1cc(NC(=O)c2cnn(-c3ccc4ccccc4n3)c2C)n(C)n1. The zero-order valence-corrected chi connectivity index (χ0v) is 14.8. The van der Waals surface area contributed by atoms with Crippen molar-refractivity contribution in [2.45, 2.75) is 13.8 Å². The van der Waals surface area contributed by atoms with Crippen LogP contribution in [0, 0.1) is 13.8 Å². The fourth-order valence-electron chi connectivity index (χ4n) is 2.95. The number of pyridine rings is 1. The molecule has 0 aliphatic carbocycles. The lowest BCUT2D eigenvalue weighted by Gasteiger charge is -2.07. The molecule has 0 saturated heterocycles. The molecule has 0 saturated carbocycles. The standard InChI is InChI=1S/C19H18N6O/c1-12-10-18(24(3)23-12)22-19(26)15-11-20-25(13(15)2)17-9-8-14-6-4-5-7-16(14)21-17/h4-11H,1-3H3,(H,22,26). The van der Waals surface area contributed by atoms with Crippen molar-refractivity contribution in [3.8, 4) is 5.82 Å². The maximum atomic E-state index is 12.6. The summed E-state index contributed by atoms with van der Waals surface area (Å²) in [6, 6.07) is 13.6. The number of amides is 1. The van der Waals surface area contributed by atoms with Gasteiger partial charge in [-0.3, -0.25) is 9.48 Å². The third kappa shape index (κ3) is 2.73. The summed E-state index contributed by atoms with van der Waals surface area (Å²) in [4.78, 5) is 17.3. The van der Waals surface area contributed by atoms with Gasteiger partial charge in [0.2, 0.25) is 0 Å². The van der Waals surface area contributed by atoms with E-state index in [1.54, 1.807) is 22.6 Å². The Labute approximate surface area is 150 Å². The predicted octanol–water partition coefficient (Wildman–Crippen LogP) is 3.02. The lowest BCUT2D eigenvalue weighted by molar-refractivity contribution is 0.102. The minimum Gasteiger partial charge on any atom is -0.307 e. The smallest absolute Gasteiger partial charge is 0.260 e. The van der Waals surface area contributed by atoms with Crippen LogP contribution in [0.2, 0.25) is 0 Å². The third-order valence-corrected chi connectivity index (χ3v) is 4.30. The average Bonchev–Trinajstić information content (AvgIpc) is 3.16. The van der Waals surface area contributed by atoms with Gasteiger partial charge in [0.25, 0.3) is 5.91 Å². The molecule has 3 aromatic heterocycles. The van der Waals surface area contributed by atoms with Gasteiger partial charge in [-0.2, -0.15) is 10.2 Å². The van der Waals surface area contributed by atoms with E-state index in [-0.39, 0.29) is 5.91 Å². The molecule has 0 aliphatic heterocycles. The highest BCUT2D eigenvalue weighted by Gasteiger charge is 2.17. The van der Waals surface area contributed by atoms with Gasteiger partial charge in [-0.25, -0.2) is 9.67 Å². The first-order valence-electron chi connectivity index (χ1n) is 8.26. The van der Waals surface area contributed by atoms with Crippen LogP contribution in [0.1, 0.15) is 21.7 Å². The fraction of sp³-hybridized carbons (Fsp3) is 0.158. The topological polar surface area (TPSA) is 77.6 Å². The average molecular weight is 346 g/mol. The second-order valence-corrected chi connectivity index (χ2v) is 6.17. The summed E-state index contributed by atoms with van der Waals surface area (Å²) in [5.41, 5.74) is 2.95. The molecule has 26 heavy (non-hydrogen) atoms. The molecule has 0 atom stereocenters. The van der Waals surface area contributed by atoms with E-state index in [1.165, 1.54) is 0 Å². The van der Waals surface area contributed by atoms with Gasteiger partial charge in [0.05, 0.1) is 28.7 Å². The number of carbonyl (C=O) groups is 1. The van der Waals surface area contributed by atoms with Gasteiger partial charge in [-0.15, -0.1) is 0 Å². The summed E-state index contributed by atoms with van der Waals surface area (Å²) in [7, 11) is 1.79. The van der Waals surface area contributed by atoms with Crippen LogP contribution in [-0.2, 0) is 7.05 Å². The molecular formula is C19H18N6O. The molecule has 0 radical (unpaired) electrons. The number of para-hydroxylation sites is 1. The molecule has 4 aromatic rings. The first-order chi connectivity index (χ1) is 12.5. The number of fused-ring (bicyclic) bond motifs is 1. The molecule has 0 unspecified atom stereocenters. The highest BCUT2D eigenvalue weighted by atomic mass is 16.1. The van der Waals surface area contributed by atoms with E-state index >= 15 is 0 Å². The van der Waals surface area contributed by atoms with Crippen LogP contribution in [0.3, 0.4) is 0 Å². The van der Waals surface area contributed by atoms with E-state index < -0.39 is 0 Å². The number of nitrogens with zero attached hydrogens (tertiary/aromatic N) is 5. The molecule has 0 spiro atoms. The molecule has 0 fully saturated rings. The molecule has 3 heterocycles. The van der Waals surface area contributed by atoms with Crippen LogP contribution >= 0.6 is 0 Å². The lowest BCUT2D eigenvalue weighted by atomic mass is 10.2. The van der Waals surface area contributed by atoms with E-state index in [1.807, 2.05) is 56.3 Å². The summed E-state index contributed by atoms with van der Waals surface area (Å²) in [5.74, 6) is 1.10. The van der Waals surface area contributed by atoms with Gasteiger partial charge in [-0.1, -0.05) is 18.2 Å². The van der Waals surface area contributed by atoms with E-state index in [0.29, 0.717) is 17.2 Å². The zero-order valence-electron chi connectivity index (χ0n) is 14.8. The maximum absolute atomic E-state index is 12.6. The number of anilines is 1. The third-order valence-electron chi connectivity index (χ3n) is 4.30. The number of hydrogen-bond acceptors (Lipinski definition) is 4. The number of aryl methyl sites for hydroxylation is 2. The Morgan fingerprint density at radius 3 is 2.69 bits per heavy atom. The van der Waals surface area contributed by atoms with Crippen LogP contribution in [0.4, 0.5) is 5.82 Å². The summed E-state index contributed by atoms with van der Waals surface area (Å²) in [6.45, 7) is 3.73. The Bertz CT molecular complexity index is 1120. The Hall–Kier alpha value is -3.48. The number of hydrogen-bond donors (Lipinski definition) is 1. The highest BCUT2D eigenvalue weighted by Crippen LogP contribution is 2.18. The molecule has 1 N–H and O–H groups in total. The monoisotopic (exact) mass is 346 g/mol. The first-order valence-corrected chi connectivity index (χ1v) is 8.26. The van der Waals surface area contributed by atoms with Gasteiger partial charge < -0.3 is 5.32 Å². The van der Waals surface area contributed by atoms with Crippen molar-refractivity contribution in [2.24, 2.45) is 7.05 Å². The Balaban J connectivity index is 1.66. The zero-order chi connectivity index (χ0) is 18.3. The Kier molecular flexibility index (Phi) is 3.76. The van der Waals surface area contributed by atoms with Crippen molar-refractivity contribution in [3.05, 3.63) is 65.6 Å². The number of nitrogens with one attached hydrogen (secondary N) is 1. The lowest BCUT2D eigenvalue weighted by Crippen LogP contribution is -2.15. The van der Waals surface area contributed by atoms with Gasteiger partial charge in [0.15, 0.2) is 5.82 Å². The van der Waals surface area contributed by atoms with Gasteiger partial charge in [0.1, 0.15) is 5.82 Å². The quantitative estimate of drug-likeness (QED) is 0.618. The highest BCUT2D eigenvalue weighted by molar-refractivity contribution is 6.04. The normalized spacial score (nSPS) is 11.0. The van der Waals surface area contributed by atoms with Crippen LogP contribution < -0.4 is 5.32 Å². The molecule has 1 amide bonds. The van der Waals surface area contributed by atoms with Crippen molar-refractivity contribution in [2.75, 3.05) is 5.32 Å². The number of rotatable bonds is 3. The van der Waals surface area contributed by atoms with E-state index in [4.69, 9.17) is 0 Å².